The molecule has 1 saturated heterocycles. The Hall–Kier alpha value is -2.76. The molecule has 4 rings (SSSR count). The SMILES string of the molecule is CC1CCCCN1c1ccc(-c2nc(-c3ccccc3)no2)nn1. The van der Waals surface area contributed by atoms with Crippen molar-refractivity contribution in [3.8, 4) is 23.0 Å². The number of hydrogen-bond donors (Lipinski definition) is 0. The molecule has 2 aromatic heterocycles. The zero-order valence-corrected chi connectivity index (χ0v) is 13.6. The second-order valence-corrected chi connectivity index (χ2v) is 6.10. The molecule has 0 saturated carbocycles. The monoisotopic (exact) mass is 321 g/mol. The third-order valence-electron chi connectivity index (χ3n) is 4.42. The summed E-state index contributed by atoms with van der Waals surface area (Å²) >= 11 is 0. The van der Waals surface area contributed by atoms with Crippen molar-refractivity contribution in [2.45, 2.75) is 32.2 Å². The molecule has 3 heterocycles. The summed E-state index contributed by atoms with van der Waals surface area (Å²) in [5, 5.41) is 12.7. The first-order valence-electron chi connectivity index (χ1n) is 8.31. The van der Waals surface area contributed by atoms with Crippen molar-refractivity contribution >= 4 is 5.82 Å². The van der Waals surface area contributed by atoms with Crippen LogP contribution in [0.1, 0.15) is 26.2 Å². The highest BCUT2D eigenvalue weighted by Crippen LogP contribution is 2.24. The van der Waals surface area contributed by atoms with Crippen molar-refractivity contribution in [2.75, 3.05) is 11.4 Å². The first-order chi connectivity index (χ1) is 11.8. The zero-order chi connectivity index (χ0) is 16.4. The van der Waals surface area contributed by atoms with Gasteiger partial charge in [-0.05, 0) is 38.3 Å². The van der Waals surface area contributed by atoms with Gasteiger partial charge >= 0.3 is 0 Å². The van der Waals surface area contributed by atoms with Crippen LogP contribution in [0.15, 0.2) is 47.0 Å². The predicted octanol–water partition coefficient (Wildman–Crippen LogP) is 3.57. The molecule has 6 heteroatoms. The minimum Gasteiger partial charge on any atom is -0.352 e. The van der Waals surface area contributed by atoms with Crippen LogP contribution in [-0.2, 0) is 0 Å². The van der Waals surface area contributed by atoms with Gasteiger partial charge < -0.3 is 9.42 Å². The van der Waals surface area contributed by atoms with E-state index in [0.717, 1.165) is 17.9 Å². The zero-order valence-electron chi connectivity index (χ0n) is 13.6. The smallest absolute Gasteiger partial charge is 0.278 e. The van der Waals surface area contributed by atoms with E-state index in [1.807, 2.05) is 42.5 Å². The van der Waals surface area contributed by atoms with Gasteiger partial charge in [0.25, 0.3) is 5.89 Å². The molecule has 1 unspecified atom stereocenters. The highest BCUT2D eigenvalue weighted by atomic mass is 16.5. The maximum absolute atomic E-state index is 5.33. The van der Waals surface area contributed by atoms with E-state index in [1.165, 1.54) is 19.3 Å². The maximum Gasteiger partial charge on any atom is 0.278 e. The molecule has 1 aliphatic heterocycles. The summed E-state index contributed by atoms with van der Waals surface area (Å²) in [6.07, 6.45) is 3.69. The first-order valence-corrected chi connectivity index (χ1v) is 8.31. The van der Waals surface area contributed by atoms with Gasteiger partial charge in [-0.3, -0.25) is 0 Å². The Labute approximate surface area is 140 Å². The van der Waals surface area contributed by atoms with Gasteiger partial charge in [0.15, 0.2) is 11.5 Å². The average molecular weight is 321 g/mol. The fourth-order valence-corrected chi connectivity index (χ4v) is 3.06. The van der Waals surface area contributed by atoms with E-state index in [-0.39, 0.29) is 0 Å². The topological polar surface area (TPSA) is 67.9 Å². The summed E-state index contributed by atoms with van der Waals surface area (Å²) in [7, 11) is 0. The Bertz CT molecular complexity index is 800. The summed E-state index contributed by atoms with van der Waals surface area (Å²) in [4.78, 5) is 6.72. The molecule has 1 fully saturated rings. The van der Waals surface area contributed by atoms with Gasteiger partial charge in [-0.1, -0.05) is 35.5 Å². The van der Waals surface area contributed by atoms with Gasteiger partial charge in [-0.15, -0.1) is 10.2 Å². The third-order valence-corrected chi connectivity index (χ3v) is 4.42. The van der Waals surface area contributed by atoms with Crippen LogP contribution in [0.4, 0.5) is 5.82 Å². The lowest BCUT2D eigenvalue weighted by Gasteiger charge is -2.33. The standard InChI is InChI=1S/C18H19N5O/c1-13-7-5-6-12-23(13)16-11-10-15(20-21-16)18-19-17(22-24-18)14-8-3-2-4-9-14/h2-4,8-11,13H,5-7,12H2,1H3. The summed E-state index contributed by atoms with van der Waals surface area (Å²) in [6.45, 7) is 3.27. The predicted molar refractivity (Wildman–Crippen MR) is 91.4 cm³/mol. The molecule has 3 aromatic rings. The summed E-state index contributed by atoms with van der Waals surface area (Å²) in [5.41, 5.74) is 1.51. The van der Waals surface area contributed by atoms with Crippen molar-refractivity contribution in [3.05, 3.63) is 42.5 Å². The first kappa shape index (κ1) is 14.8. The lowest BCUT2D eigenvalue weighted by atomic mass is 10.0. The Morgan fingerprint density at radius 1 is 1.04 bits per heavy atom. The van der Waals surface area contributed by atoms with E-state index in [4.69, 9.17) is 4.52 Å². The molecule has 24 heavy (non-hydrogen) atoms. The number of anilines is 1. The Morgan fingerprint density at radius 2 is 1.92 bits per heavy atom. The lowest BCUT2D eigenvalue weighted by molar-refractivity contribution is 0.430. The van der Waals surface area contributed by atoms with E-state index in [0.29, 0.717) is 23.5 Å². The third kappa shape index (κ3) is 2.87. The number of hydrogen-bond acceptors (Lipinski definition) is 6. The van der Waals surface area contributed by atoms with Crippen molar-refractivity contribution in [1.82, 2.24) is 20.3 Å². The largest absolute Gasteiger partial charge is 0.352 e. The Morgan fingerprint density at radius 3 is 2.67 bits per heavy atom. The molecule has 0 radical (unpaired) electrons. The van der Waals surface area contributed by atoms with Crippen LogP contribution in [0.5, 0.6) is 0 Å². The molecule has 122 valence electrons. The van der Waals surface area contributed by atoms with Gasteiger partial charge in [-0.2, -0.15) is 4.98 Å². The number of piperidine rings is 1. The summed E-state index contributed by atoms with van der Waals surface area (Å²) in [6, 6.07) is 14.1. The van der Waals surface area contributed by atoms with E-state index in [1.54, 1.807) is 0 Å². The second kappa shape index (κ2) is 6.39. The van der Waals surface area contributed by atoms with Crippen molar-refractivity contribution in [2.24, 2.45) is 0 Å². The van der Waals surface area contributed by atoms with Crippen LogP contribution >= 0.6 is 0 Å². The van der Waals surface area contributed by atoms with Crippen LogP contribution < -0.4 is 4.90 Å². The Kier molecular flexibility index (Phi) is 3.94. The molecule has 0 spiro atoms. The minimum atomic E-state index is 0.389. The molecule has 0 bridgehead atoms. The van der Waals surface area contributed by atoms with Crippen LogP contribution in [-0.4, -0.2) is 32.9 Å². The van der Waals surface area contributed by atoms with E-state index in [9.17, 15) is 0 Å². The number of rotatable bonds is 3. The van der Waals surface area contributed by atoms with Gasteiger partial charge in [0, 0.05) is 18.2 Å². The van der Waals surface area contributed by atoms with Crippen LogP contribution in [0.2, 0.25) is 0 Å². The highest BCUT2D eigenvalue weighted by molar-refractivity contribution is 5.58. The average Bonchev–Trinajstić information content (AvgIpc) is 3.13. The van der Waals surface area contributed by atoms with Crippen LogP contribution in [0.3, 0.4) is 0 Å². The van der Waals surface area contributed by atoms with Gasteiger partial charge in [0.05, 0.1) is 0 Å². The molecule has 1 atom stereocenters. The molecule has 0 aliphatic carbocycles. The molecule has 1 aromatic carbocycles. The molecule has 0 N–H and O–H groups in total. The van der Waals surface area contributed by atoms with Crippen molar-refractivity contribution in [1.29, 1.82) is 0 Å². The summed E-state index contributed by atoms with van der Waals surface area (Å²) < 4.78 is 5.33. The van der Waals surface area contributed by atoms with Crippen LogP contribution in [0.25, 0.3) is 23.0 Å². The maximum atomic E-state index is 5.33. The highest BCUT2D eigenvalue weighted by Gasteiger charge is 2.20. The second-order valence-electron chi connectivity index (χ2n) is 6.10. The number of aromatic nitrogens is 4. The van der Waals surface area contributed by atoms with Crippen molar-refractivity contribution < 1.29 is 4.52 Å². The van der Waals surface area contributed by atoms with Gasteiger partial charge in [0.2, 0.25) is 5.82 Å². The normalized spacial score (nSPS) is 17.9. The molecule has 0 amide bonds. The number of nitrogens with zero attached hydrogens (tertiary/aromatic N) is 5. The van der Waals surface area contributed by atoms with Crippen LogP contribution in [0, 0.1) is 0 Å². The fourth-order valence-electron chi connectivity index (χ4n) is 3.06. The number of benzene rings is 1. The molecule has 6 nitrogen and oxygen atoms in total. The van der Waals surface area contributed by atoms with Gasteiger partial charge in [-0.25, -0.2) is 0 Å². The molecular formula is C18H19N5O. The van der Waals surface area contributed by atoms with E-state index in [2.05, 4.69) is 32.2 Å². The van der Waals surface area contributed by atoms with E-state index < -0.39 is 0 Å². The molecular weight excluding hydrogens is 302 g/mol. The van der Waals surface area contributed by atoms with Gasteiger partial charge in [0.1, 0.15) is 0 Å². The summed E-state index contributed by atoms with van der Waals surface area (Å²) in [5.74, 6) is 1.86. The lowest BCUT2D eigenvalue weighted by Crippen LogP contribution is -2.38. The molecule has 1 aliphatic rings. The van der Waals surface area contributed by atoms with E-state index >= 15 is 0 Å². The minimum absolute atomic E-state index is 0.389. The fraction of sp³-hybridized carbons (Fsp3) is 0.333. The quantitative estimate of drug-likeness (QED) is 0.734. The Balaban J connectivity index is 1.56. The van der Waals surface area contributed by atoms with Crippen molar-refractivity contribution in [3.63, 3.8) is 0 Å².